The van der Waals surface area contributed by atoms with Gasteiger partial charge in [-0.2, -0.15) is 19.6 Å². The van der Waals surface area contributed by atoms with E-state index < -0.39 is 47.7 Å². The summed E-state index contributed by atoms with van der Waals surface area (Å²) in [4.78, 5) is 11.9. The number of hydrogen-bond acceptors (Lipinski definition) is 12. The second-order valence-electron chi connectivity index (χ2n) is 11.9. The van der Waals surface area contributed by atoms with Crippen molar-refractivity contribution >= 4 is 62.5 Å². The third-order valence-electron chi connectivity index (χ3n) is 7.98. The summed E-state index contributed by atoms with van der Waals surface area (Å²) in [6.45, 7) is 17.4. The van der Waals surface area contributed by atoms with Gasteiger partial charge in [-0.25, -0.2) is 4.98 Å². The first-order chi connectivity index (χ1) is 19.8. The minimum Gasteiger partial charge on any atom is -0.468 e. The lowest BCUT2D eigenvalue weighted by Crippen LogP contribution is -2.66. The van der Waals surface area contributed by atoms with Crippen molar-refractivity contribution in [3.63, 3.8) is 0 Å². The van der Waals surface area contributed by atoms with E-state index in [0.29, 0.717) is 12.2 Å². The number of hydrogen-bond donors (Lipinski definition) is 1. The van der Waals surface area contributed by atoms with Crippen molar-refractivity contribution in [3.05, 3.63) is 12.4 Å². The quantitative estimate of drug-likeness (QED) is 0.161. The van der Waals surface area contributed by atoms with E-state index in [1.165, 1.54) is 18.1 Å². The monoisotopic (exact) mass is 656 g/mol. The molecule has 0 aromatic carbocycles. The number of ether oxygens (including phenoxy) is 2. The van der Waals surface area contributed by atoms with Crippen molar-refractivity contribution in [2.24, 2.45) is 0 Å². The van der Waals surface area contributed by atoms with Crippen LogP contribution < -0.4 is 5.73 Å². The number of fused-ring (bicyclic) bond motifs is 2. The number of aromatic nitrogens is 4. The average Bonchev–Trinajstić information content (AvgIpc) is 3.44. The van der Waals surface area contributed by atoms with Crippen LogP contribution in [-0.2, 0) is 22.4 Å². The molecule has 0 unspecified atom stereocenters. The van der Waals surface area contributed by atoms with Crippen molar-refractivity contribution < 1.29 is 26.8 Å². The molecule has 2 N–H and O–H groups in total. The molecule has 0 radical (unpaired) electrons. The molecule has 4 atom stereocenters. The molecule has 0 aliphatic carbocycles. The summed E-state index contributed by atoms with van der Waals surface area (Å²) in [6.07, 6.45) is -1.99. The molecule has 232 valence electrons. The largest absolute Gasteiger partial charge is 0.468 e. The Hall–Kier alpha value is -1.72. The van der Waals surface area contributed by atoms with E-state index in [1.807, 2.05) is 0 Å². The van der Waals surface area contributed by atoms with Crippen LogP contribution in [0.5, 0.6) is 0 Å². The van der Waals surface area contributed by atoms with Gasteiger partial charge < -0.3 is 28.2 Å². The van der Waals surface area contributed by atoms with E-state index in [2.05, 4.69) is 76.4 Å². The summed E-state index contributed by atoms with van der Waals surface area (Å²) in [5.74, 6) is 0.398. The molecule has 4 rings (SSSR count). The number of anilines is 1. The van der Waals surface area contributed by atoms with Crippen LogP contribution in [0.1, 0.15) is 68.0 Å². The van der Waals surface area contributed by atoms with Gasteiger partial charge >= 0.3 is 23.2 Å². The van der Waals surface area contributed by atoms with E-state index in [-0.39, 0.29) is 50.1 Å². The molecule has 16 heteroatoms. The molecule has 0 spiro atoms. The standard InChI is InChI=1S/C26H41FN6O5S2Si2/c1-14(2)41(15(3)4)34-12-18-20(37-42(38-41,16(5)6)17(7)8)21(36-26(39)40-11-9-10-28)24(35-18)33-13-30-19-22(29)31-25(27)32-23(19)33/h13-18,20-21,24H,9,11-12H2,1-8H3,(H2,29,31,32)/t18-,20-,21-,24-/m1/s1. The van der Waals surface area contributed by atoms with Crippen LogP contribution in [0.4, 0.5) is 10.2 Å². The van der Waals surface area contributed by atoms with Crippen molar-refractivity contribution in [2.75, 3.05) is 18.1 Å². The highest BCUT2D eigenvalue weighted by atomic mass is 32.2. The maximum absolute atomic E-state index is 14.3. The van der Waals surface area contributed by atoms with Gasteiger partial charge in [-0.3, -0.25) is 4.57 Å². The van der Waals surface area contributed by atoms with Crippen LogP contribution in [0.2, 0.25) is 22.2 Å². The van der Waals surface area contributed by atoms with Gasteiger partial charge in [0.25, 0.3) is 0 Å². The average molecular weight is 657 g/mol. The fourth-order valence-electron chi connectivity index (χ4n) is 5.89. The van der Waals surface area contributed by atoms with Gasteiger partial charge in [0.1, 0.15) is 12.2 Å². The van der Waals surface area contributed by atoms with Gasteiger partial charge in [-0.1, -0.05) is 67.2 Å². The zero-order valence-corrected chi connectivity index (χ0v) is 29.0. The summed E-state index contributed by atoms with van der Waals surface area (Å²) in [5.41, 5.74) is 6.85. The Balaban J connectivity index is 1.84. The molecule has 2 saturated heterocycles. The summed E-state index contributed by atoms with van der Waals surface area (Å²) in [5, 5.41) is 9.00. The molecule has 11 nitrogen and oxygen atoms in total. The van der Waals surface area contributed by atoms with Crippen LogP contribution in [0.25, 0.3) is 11.2 Å². The van der Waals surface area contributed by atoms with Gasteiger partial charge in [-0.05, 0) is 34.4 Å². The molecule has 4 heterocycles. The summed E-state index contributed by atoms with van der Waals surface area (Å²) >= 11 is 6.85. The summed E-state index contributed by atoms with van der Waals surface area (Å²) in [6, 6.07) is 2.12. The molecule has 2 fully saturated rings. The minimum atomic E-state index is -3.02. The van der Waals surface area contributed by atoms with Gasteiger partial charge in [0.2, 0.25) is 4.38 Å². The lowest BCUT2D eigenvalue weighted by molar-refractivity contribution is -0.0563. The number of nitrogens with two attached hydrogens (primary N) is 1. The number of rotatable bonds is 8. The minimum absolute atomic E-state index is 0.0796. The van der Waals surface area contributed by atoms with E-state index in [4.69, 9.17) is 45.7 Å². The molecular weight excluding hydrogens is 616 g/mol. The maximum Gasteiger partial charge on any atom is 0.335 e. The van der Waals surface area contributed by atoms with Crippen molar-refractivity contribution in [2.45, 2.75) is 109 Å². The zero-order chi connectivity index (χ0) is 31.0. The second kappa shape index (κ2) is 13.1. The molecule has 0 amide bonds. The van der Waals surface area contributed by atoms with Crippen molar-refractivity contribution in [1.29, 1.82) is 5.26 Å². The van der Waals surface area contributed by atoms with E-state index in [9.17, 15) is 4.39 Å². The molecule has 0 saturated carbocycles. The van der Waals surface area contributed by atoms with E-state index >= 15 is 0 Å². The van der Waals surface area contributed by atoms with Gasteiger partial charge in [0.05, 0.1) is 19.0 Å². The van der Waals surface area contributed by atoms with Crippen LogP contribution >= 0.6 is 24.0 Å². The topological polar surface area (TPSA) is 140 Å². The number of nitriles is 1. The predicted octanol–water partition coefficient (Wildman–Crippen LogP) is 5.72. The third kappa shape index (κ3) is 6.12. The number of nitrogen functional groups attached to an aromatic ring is 1. The molecule has 2 aliphatic heterocycles. The number of thioether (sulfide) groups is 1. The SMILES string of the molecule is CC(C)[Si]1(C(C)C)OC[C@H]2O[C@@H](n3cnc4c(N)nc(F)nc43)[C@H](OC(=S)SCCC#N)[C@@H]2O[Si](C(C)C)(C(C)C)O1. The normalized spacial score (nSPS) is 25.5. The van der Waals surface area contributed by atoms with Crippen LogP contribution in [0.3, 0.4) is 0 Å². The molecule has 2 aromatic rings. The van der Waals surface area contributed by atoms with Crippen LogP contribution in [0.15, 0.2) is 6.33 Å². The first-order valence-corrected chi connectivity index (χ1v) is 19.6. The van der Waals surface area contributed by atoms with E-state index in [1.54, 1.807) is 4.57 Å². The number of nitrogens with zero attached hydrogens (tertiary/aromatic N) is 5. The number of halogens is 1. The fourth-order valence-corrected chi connectivity index (χ4v) is 18.0. The summed E-state index contributed by atoms with van der Waals surface area (Å²) in [7, 11) is -5.84. The predicted molar refractivity (Wildman–Crippen MR) is 168 cm³/mol. The molecule has 2 aliphatic rings. The Morgan fingerprint density at radius 3 is 2.40 bits per heavy atom. The van der Waals surface area contributed by atoms with Crippen molar-refractivity contribution in [3.8, 4) is 6.07 Å². The molecule has 0 bridgehead atoms. The highest BCUT2D eigenvalue weighted by molar-refractivity contribution is 8.22. The first-order valence-electron chi connectivity index (χ1n) is 14.3. The molecule has 2 aromatic heterocycles. The van der Waals surface area contributed by atoms with Crippen LogP contribution in [-0.4, -0.2) is 71.7 Å². The lowest BCUT2D eigenvalue weighted by Gasteiger charge is -2.51. The Morgan fingerprint density at radius 2 is 1.81 bits per heavy atom. The zero-order valence-electron chi connectivity index (χ0n) is 25.4. The highest BCUT2D eigenvalue weighted by Crippen LogP contribution is 2.49. The Morgan fingerprint density at radius 1 is 1.17 bits per heavy atom. The molecule has 42 heavy (non-hydrogen) atoms. The fraction of sp³-hybridized carbons (Fsp3) is 0.731. The van der Waals surface area contributed by atoms with Gasteiger partial charge in [0, 0.05) is 12.2 Å². The van der Waals surface area contributed by atoms with Crippen LogP contribution in [0, 0.1) is 17.4 Å². The van der Waals surface area contributed by atoms with Gasteiger partial charge in [-0.15, -0.1) is 0 Å². The second-order valence-corrected chi connectivity index (χ2v) is 22.5. The Labute approximate surface area is 258 Å². The summed E-state index contributed by atoms with van der Waals surface area (Å²) < 4.78 is 50.7. The van der Waals surface area contributed by atoms with E-state index in [0.717, 1.165) is 0 Å². The maximum atomic E-state index is 14.3. The Bertz CT molecular complexity index is 1310. The third-order valence-corrected chi connectivity index (χ3v) is 19.4. The smallest absolute Gasteiger partial charge is 0.335 e. The number of thiocarbonyl (C=S) groups is 1. The Kier molecular flexibility index (Phi) is 10.4. The molecular formula is C26H41FN6O5S2Si2. The lowest BCUT2D eigenvalue weighted by atomic mass is 10.1. The first kappa shape index (κ1) is 33.2. The highest BCUT2D eigenvalue weighted by Gasteiger charge is 2.62. The van der Waals surface area contributed by atoms with Gasteiger partial charge in [0.15, 0.2) is 29.3 Å². The van der Waals surface area contributed by atoms with Crippen molar-refractivity contribution in [1.82, 2.24) is 19.5 Å². The number of imidazole rings is 1.